The van der Waals surface area contributed by atoms with Gasteiger partial charge in [-0.05, 0) is 18.2 Å². The third-order valence-electron chi connectivity index (χ3n) is 4.13. The molecule has 1 aromatic carbocycles. The van der Waals surface area contributed by atoms with Crippen LogP contribution in [0.5, 0.6) is 0 Å². The minimum atomic E-state index is -0.246. The van der Waals surface area contributed by atoms with Gasteiger partial charge in [-0.2, -0.15) is 5.10 Å². The highest BCUT2D eigenvalue weighted by Crippen LogP contribution is 2.30. The summed E-state index contributed by atoms with van der Waals surface area (Å²) in [6.45, 7) is 2.71. The van der Waals surface area contributed by atoms with Crippen LogP contribution in [0.3, 0.4) is 0 Å². The van der Waals surface area contributed by atoms with Gasteiger partial charge in [0.1, 0.15) is 5.82 Å². The van der Waals surface area contributed by atoms with Crippen molar-refractivity contribution in [1.29, 1.82) is 0 Å². The summed E-state index contributed by atoms with van der Waals surface area (Å²) in [7, 11) is 1.80. The van der Waals surface area contributed by atoms with Crippen molar-refractivity contribution in [2.45, 2.75) is 0 Å². The van der Waals surface area contributed by atoms with Gasteiger partial charge in [-0.15, -0.1) is 0 Å². The molecular formula is C16H16FN5OS. The van der Waals surface area contributed by atoms with Crippen LogP contribution in [0, 0.1) is 5.82 Å². The van der Waals surface area contributed by atoms with Crippen LogP contribution in [0.2, 0.25) is 0 Å². The third-order valence-corrected chi connectivity index (χ3v) is 5.21. The Labute approximate surface area is 142 Å². The maximum absolute atomic E-state index is 13.3. The molecule has 0 unspecified atom stereocenters. The zero-order valence-corrected chi connectivity index (χ0v) is 14.0. The van der Waals surface area contributed by atoms with Gasteiger partial charge in [0.05, 0.1) is 22.0 Å². The maximum Gasteiger partial charge on any atom is 0.257 e. The number of amides is 1. The Morgan fingerprint density at radius 1 is 1.25 bits per heavy atom. The summed E-state index contributed by atoms with van der Waals surface area (Å²) in [6, 6.07) is 4.64. The van der Waals surface area contributed by atoms with E-state index in [9.17, 15) is 9.18 Å². The predicted octanol–water partition coefficient (Wildman–Crippen LogP) is 2.13. The Kier molecular flexibility index (Phi) is 3.68. The summed E-state index contributed by atoms with van der Waals surface area (Å²) in [5, 5.41) is 4.93. The Morgan fingerprint density at radius 3 is 2.75 bits per heavy atom. The van der Waals surface area contributed by atoms with Crippen molar-refractivity contribution in [1.82, 2.24) is 19.7 Å². The largest absolute Gasteiger partial charge is 0.345 e. The zero-order valence-electron chi connectivity index (χ0n) is 13.1. The molecule has 8 heteroatoms. The van der Waals surface area contributed by atoms with Crippen LogP contribution in [0.1, 0.15) is 10.4 Å². The third kappa shape index (κ3) is 2.73. The van der Waals surface area contributed by atoms with E-state index < -0.39 is 0 Å². The van der Waals surface area contributed by atoms with E-state index in [1.807, 2.05) is 4.90 Å². The molecule has 3 heterocycles. The van der Waals surface area contributed by atoms with E-state index in [-0.39, 0.29) is 11.7 Å². The van der Waals surface area contributed by atoms with Crippen molar-refractivity contribution in [3.63, 3.8) is 0 Å². The lowest BCUT2D eigenvalue weighted by atomic mass is 10.2. The highest BCUT2D eigenvalue weighted by molar-refractivity contribution is 7.22. The van der Waals surface area contributed by atoms with Crippen LogP contribution in [-0.2, 0) is 7.05 Å². The van der Waals surface area contributed by atoms with Crippen LogP contribution >= 0.6 is 11.3 Å². The van der Waals surface area contributed by atoms with Gasteiger partial charge < -0.3 is 9.80 Å². The zero-order chi connectivity index (χ0) is 16.7. The summed E-state index contributed by atoms with van der Waals surface area (Å²) in [6.07, 6.45) is 3.33. The van der Waals surface area contributed by atoms with Crippen molar-refractivity contribution >= 4 is 32.6 Å². The molecule has 0 spiro atoms. The van der Waals surface area contributed by atoms with Gasteiger partial charge in [-0.3, -0.25) is 9.48 Å². The Bertz CT molecular complexity index is 897. The second kappa shape index (κ2) is 5.86. The molecule has 6 nitrogen and oxygen atoms in total. The lowest BCUT2D eigenvalue weighted by molar-refractivity contribution is 0.0746. The topological polar surface area (TPSA) is 54.3 Å². The fraction of sp³-hybridized carbons (Fsp3) is 0.312. The van der Waals surface area contributed by atoms with Gasteiger partial charge in [-0.25, -0.2) is 9.37 Å². The van der Waals surface area contributed by atoms with E-state index in [1.165, 1.54) is 23.5 Å². The van der Waals surface area contributed by atoms with E-state index in [0.29, 0.717) is 31.7 Å². The number of hydrogen-bond donors (Lipinski definition) is 0. The number of hydrogen-bond acceptors (Lipinski definition) is 5. The molecule has 2 aromatic heterocycles. The number of aryl methyl sites for hydroxylation is 1. The monoisotopic (exact) mass is 345 g/mol. The van der Waals surface area contributed by atoms with Crippen molar-refractivity contribution in [2.75, 3.05) is 31.1 Å². The fourth-order valence-corrected chi connectivity index (χ4v) is 3.88. The van der Waals surface area contributed by atoms with Gasteiger partial charge in [0.2, 0.25) is 0 Å². The highest BCUT2D eigenvalue weighted by Gasteiger charge is 2.24. The molecule has 0 N–H and O–H groups in total. The molecule has 0 saturated carbocycles. The first kappa shape index (κ1) is 15.1. The second-order valence-electron chi connectivity index (χ2n) is 5.79. The second-order valence-corrected chi connectivity index (χ2v) is 6.80. The van der Waals surface area contributed by atoms with Crippen LogP contribution < -0.4 is 4.90 Å². The van der Waals surface area contributed by atoms with E-state index >= 15 is 0 Å². The van der Waals surface area contributed by atoms with Crippen LogP contribution in [0.25, 0.3) is 10.2 Å². The van der Waals surface area contributed by atoms with Crippen molar-refractivity contribution < 1.29 is 9.18 Å². The quantitative estimate of drug-likeness (QED) is 0.714. The first-order valence-electron chi connectivity index (χ1n) is 7.69. The van der Waals surface area contributed by atoms with Gasteiger partial charge in [0.15, 0.2) is 5.13 Å². The van der Waals surface area contributed by atoms with Crippen molar-refractivity contribution in [3.8, 4) is 0 Å². The lowest BCUT2D eigenvalue weighted by Crippen LogP contribution is -2.48. The minimum absolute atomic E-state index is 0.00845. The number of aromatic nitrogens is 3. The number of thiazole rings is 1. The Hall–Kier alpha value is -2.48. The summed E-state index contributed by atoms with van der Waals surface area (Å²) in [4.78, 5) is 21.0. The van der Waals surface area contributed by atoms with Gasteiger partial charge >= 0.3 is 0 Å². The number of piperazine rings is 1. The molecule has 1 fully saturated rings. The average Bonchev–Trinajstić information content (AvgIpc) is 3.20. The molecular weight excluding hydrogens is 329 g/mol. The number of benzene rings is 1. The predicted molar refractivity (Wildman–Crippen MR) is 90.9 cm³/mol. The fourth-order valence-electron chi connectivity index (χ4n) is 2.84. The molecule has 1 amide bonds. The molecule has 0 atom stereocenters. The summed E-state index contributed by atoms with van der Waals surface area (Å²) < 4.78 is 15.8. The lowest BCUT2D eigenvalue weighted by Gasteiger charge is -2.34. The Morgan fingerprint density at radius 2 is 2.04 bits per heavy atom. The first-order valence-corrected chi connectivity index (χ1v) is 8.51. The number of rotatable bonds is 2. The van der Waals surface area contributed by atoms with E-state index in [2.05, 4.69) is 15.0 Å². The number of halogens is 1. The number of fused-ring (bicyclic) bond motifs is 1. The first-order chi connectivity index (χ1) is 11.6. The molecule has 24 heavy (non-hydrogen) atoms. The SMILES string of the molecule is Cn1cc(C(=O)N2CCN(c3nc4ccc(F)cc4s3)CC2)cn1. The minimum Gasteiger partial charge on any atom is -0.345 e. The summed E-state index contributed by atoms with van der Waals surface area (Å²) in [5.41, 5.74) is 1.42. The number of carbonyl (C=O) groups is 1. The van der Waals surface area contributed by atoms with Crippen molar-refractivity contribution in [2.24, 2.45) is 7.05 Å². The van der Waals surface area contributed by atoms with Gasteiger partial charge in [0.25, 0.3) is 5.91 Å². The highest BCUT2D eigenvalue weighted by atomic mass is 32.1. The number of nitrogens with zero attached hydrogens (tertiary/aromatic N) is 5. The normalized spacial score (nSPS) is 15.2. The van der Waals surface area contributed by atoms with E-state index in [4.69, 9.17) is 0 Å². The van der Waals surface area contributed by atoms with Crippen molar-refractivity contribution in [3.05, 3.63) is 42.0 Å². The van der Waals surface area contributed by atoms with E-state index in [0.717, 1.165) is 15.3 Å². The molecule has 0 aliphatic carbocycles. The smallest absolute Gasteiger partial charge is 0.257 e. The van der Waals surface area contributed by atoms with Crippen LogP contribution in [0.4, 0.5) is 9.52 Å². The molecule has 1 aliphatic heterocycles. The average molecular weight is 345 g/mol. The number of anilines is 1. The molecule has 124 valence electrons. The molecule has 4 rings (SSSR count). The van der Waals surface area contributed by atoms with Crippen LogP contribution in [-0.4, -0.2) is 51.8 Å². The van der Waals surface area contributed by atoms with E-state index in [1.54, 1.807) is 30.2 Å². The molecule has 1 saturated heterocycles. The Balaban J connectivity index is 1.46. The number of carbonyl (C=O) groups excluding carboxylic acids is 1. The summed E-state index contributed by atoms with van der Waals surface area (Å²) in [5.74, 6) is -0.237. The molecule has 0 radical (unpaired) electrons. The standard InChI is InChI=1S/C16H16FN5OS/c1-20-10-11(9-18-20)15(23)21-4-6-22(7-5-21)16-19-13-3-2-12(17)8-14(13)24-16/h2-3,8-10H,4-7H2,1H3. The molecule has 3 aromatic rings. The summed E-state index contributed by atoms with van der Waals surface area (Å²) >= 11 is 1.49. The van der Waals surface area contributed by atoms with Gasteiger partial charge in [-0.1, -0.05) is 11.3 Å². The van der Waals surface area contributed by atoms with Crippen LogP contribution in [0.15, 0.2) is 30.6 Å². The van der Waals surface area contributed by atoms with Gasteiger partial charge in [0, 0.05) is 39.4 Å². The molecule has 0 bridgehead atoms. The molecule has 1 aliphatic rings. The maximum atomic E-state index is 13.3.